The molecule has 1 aliphatic carbocycles. The maximum Gasteiger partial charge on any atom is 0.135 e. The Morgan fingerprint density at radius 3 is 2.61 bits per heavy atom. The van der Waals surface area contributed by atoms with Crippen LogP contribution in [0.2, 0.25) is 5.15 Å². The van der Waals surface area contributed by atoms with E-state index in [-0.39, 0.29) is 5.25 Å². The number of hydrogen-bond donors (Lipinski definition) is 2. The summed E-state index contributed by atoms with van der Waals surface area (Å²) in [6, 6.07) is 2.13. The van der Waals surface area contributed by atoms with Crippen LogP contribution in [-0.4, -0.2) is 32.1 Å². The summed E-state index contributed by atoms with van der Waals surface area (Å²) >= 11 is 5.31. The zero-order valence-electron chi connectivity index (χ0n) is 13.5. The highest BCUT2D eigenvalue weighted by molar-refractivity contribution is 7.91. The van der Waals surface area contributed by atoms with Gasteiger partial charge in [-0.1, -0.05) is 22.8 Å². The molecule has 0 aliphatic heterocycles. The fourth-order valence-electron chi connectivity index (χ4n) is 2.89. The molecule has 3 N–H and O–H groups in total. The SMILES string of the molecule is C[S+]([O-])C1CC(Nc2ncc(C(C)(C)N)c3cc(Cl)ncc23)C1. The van der Waals surface area contributed by atoms with Crippen molar-refractivity contribution in [3.05, 3.63) is 29.2 Å². The Hall–Kier alpha value is -1.08. The summed E-state index contributed by atoms with van der Waals surface area (Å²) in [7, 11) is 0. The van der Waals surface area contributed by atoms with Crippen LogP contribution in [0.3, 0.4) is 0 Å². The number of halogens is 1. The van der Waals surface area contributed by atoms with Gasteiger partial charge in [-0.15, -0.1) is 0 Å². The first-order chi connectivity index (χ1) is 10.8. The van der Waals surface area contributed by atoms with Crippen LogP contribution in [-0.2, 0) is 16.7 Å². The van der Waals surface area contributed by atoms with Crippen molar-refractivity contribution >= 4 is 39.4 Å². The predicted molar refractivity (Wildman–Crippen MR) is 96.3 cm³/mol. The molecule has 1 saturated carbocycles. The molecule has 5 nitrogen and oxygen atoms in total. The summed E-state index contributed by atoms with van der Waals surface area (Å²) in [6.07, 6.45) is 7.10. The monoisotopic (exact) mass is 352 g/mol. The Kier molecular flexibility index (Phi) is 4.44. The topological polar surface area (TPSA) is 86.9 Å². The molecular formula is C16H21ClN4OS. The molecule has 1 atom stereocenters. The second-order valence-electron chi connectivity index (χ2n) is 6.73. The van der Waals surface area contributed by atoms with Gasteiger partial charge in [0, 0.05) is 42.2 Å². The molecular weight excluding hydrogens is 332 g/mol. The lowest BCUT2D eigenvalue weighted by Crippen LogP contribution is -2.43. The van der Waals surface area contributed by atoms with Crippen LogP contribution in [0.4, 0.5) is 5.82 Å². The number of rotatable bonds is 4. The number of fused-ring (bicyclic) bond motifs is 1. The zero-order chi connectivity index (χ0) is 16.8. The molecule has 0 saturated heterocycles. The normalized spacial score (nSPS) is 22.7. The molecule has 0 bridgehead atoms. The molecule has 0 amide bonds. The summed E-state index contributed by atoms with van der Waals surface area (Å²) in [5.74, 6) is 0.780. The molecule has 3 rings (SSSR count). The average Bonchev–Trinajstić information content (AvgIpc) is 2.39. The van der Waals surface area contributed by atoms with Gasteiger partial charge in [0.05, 0.1) is 6.26 Å². The van der Waals surface area contributed by atoms with E-state index in [2.05, 4.69) is 15.3 Å². The molecule has 1 unspecified atom stereocenters. The van der Waals surface area contributed by atoms with Gasteiger partial charge in [-0.3, -0.25) is 0 Å². The van der Waals surface area contributed by atoms with Crippen LogP contribution in [0.15, 0.2) is 18.5 Å². The first-order valence-corrected chi connectivity index (χ1v) is 9.58. The molecule has 124 valence electrons. The summed E-state index contributed by atoms with van der Waals surface area (Å²) in [5, 5.41) is 6.03. The van der Waals surface area contributed by atoms with Crippen LogP contribution < -0.4 is 11.1 Å². The summed E-state index contributed by atoms with van der Waals surface area (Å²) in [4.78, 5) is 8.73. The lowest BCUT2D eigenvalue weighted by Gasteiger charge is -2.35. The molecule has 7 heteroatoms. The van der Waals surface area contributed by atoms with E-state index in [0.717, 1.165) is 35.0 Å². The highest BCUT2D eigenvalue weighted by atomic mass is 35.5. The van der Waals surface area contributed by atoms with Crippen LogP contribution in [0.25, 0.3) is 10.8 Å². The van der Waals surface area contributed by atoms with Crippen molar-refractivity contribution in [3.63, 3.8) is 0 Å². The van der Waals surface area contributed by atoms with Gasteiger partial charge >= 0.3 is 0 Å². The third kappa shape index (κ3) is 3.40. The highest BCUT2D eigenvalue weighted by Crippen LogP contribution is 2.34. The van der Waals surface area contributed by atoms with Gasteiger partial charge in [-0.05, 0) is 30.9 Å². The smallest absolute Gasteiger partial charge is 0.135 e. The zero-order valence-corrected chi connectivity index (χ0v) is 15.0. The molecule has 2 heterocycles. The van der Waals surface area contributed by atoms with Crippen molar-refractivity contribution in [3.8, 4) is 0 Å². The van der Waals surface area contributed by atoms with Gasteiger partial charge in [-0.25, -0.2) is 9.97 Å². The minimum absolute atomic E-state index is 0.286. The maximum atomic E-state index is 11.5. The van der Waals surface area contributed by atoms with Crippen molar-refractivity contribution < 1.29 is 4.55 Å². The Morgan fingerprint density at radius 2 is 2.00 bits per heavy atom. The number of pyridine rings is 2. The summed E-state index contributed by atoms with van der Waals surface area (Å²) in [6.45, 7) is 3.88. The molecule has 0 radical (unpaired) electrons. The van der Waals surface area contributed by atoms with Gasteiger partial charge in [0.15, 0.2) is 0 Å². The number of nitrogens with two attached hydrogens (primary N) is 1. The third-order valence-corrected chi connectivity index (χ3v) is 5.87. The molecule has 0 aromatic carbocycles. The molecule has 1 fully saturated rings. The van der Waals surface area contributed by atoms with E-state index < -0.39 is 16.7 Å². The molecule has 2 aromatic rings. The van der Waals surface area contributed by atoms with E-state index in [9.17, 15) is 4.55 Å². The van der Waals surface area contributed by atoms with E-state index in [1.165, 1.54) is 0 Å². The van der Waals surface area contributed by atoms with Gasteiger partial charge in [0.1, 0.15) is 16.2 Å². The van der Waals surface area contributed by atoms with Gasteiger partial charge in [0.25, 0.3) is 0 Å². The minimum Gasteiger partial charge on any atom is -0.616 e. The third-order valence-electron chi connectivity index (χ3n) is 4.34. The maximum absolute atomic E-state index is 11.5. The van der Waals surface area contributed by atoms with E-state index in [0.29, 0.717) is 11.2 Å². The number of nitrogens with zero attached hydrogens (tertiary/aromatic N) is 2. The first kappa shape index (κ1) is 16.8. The van der Waals surface area contributed by atoms with Crippen molar-refractivity contribution in [1.82, 2.24) is 9.97 Å². The Labute approximate surface area is 144 Å². The van der Waals surface area contributed by atoms with E-state index in [4.69, 9.17) is 17.3 Å². The lowest BCUT2D eigenvalue weighted by molar-refractivity contribution is 0.434. The molecule has 2 aromatic heterocycles. The summed E-state index contributed by atoms with van der Waals surface area (Å²) in [5.41, 5.74) is 6.67. The number of hydrogen-bond acceptors (Lipinski definition) is 5. The lowest BCUT2D eigenvalue weighted by atomic mass is 9.91. The predicted octanol–water partition coefficient (Wildman–Crippen LogP) is 2.80. The van der Waals surface area contributed by atoms with Crippen LogP contribution in [0.1, 0.15) is 32.3 Å². The van der Waals surface area contributed by atoms with Gasteiger partial charge < -0.3 is 15.6 Å². The quantitative estimate of drug-likeness (QED) is 0.652. The van der Waals surface area contributed by atoms with Crippen LogP contribution >= 0.6 is 11.6 Å². The Balaban J connectivity index is 1.94. The van der Waals surface area contributed by atoms with E-state index in [1.807, 2.05) is 19.9 Å². The number of aromatic nitrogens is 2. The van der Waals surface area contributed by atoms with Crippen molar-refractivity contribution in [2.24, 2.45) is 5.73 Å². The highest BCUT2D eigenvalue weighted by Gasteiger charge is 2.36. The molecule has 0 spiro atoms. The largest absolute Gasteiger partial charge is 0.616 e. The van der Waals surface area contributed by atoms with Crippen LogP contribution in [0.5, 0.6) is 0 Å². The minimum atomic E-state index is -0.755. The van der Waals surface area contributed by atoms with Gasteiger partial charge in [-0.2, -0.15) is 0 Å². The summed E-state index contributed by atoms with van der Waals surface area (Å²) < 4.78 is 11.5. The second kappa shape index (κ2) is 6.09. The van der Waals surface area contributed by atoms with E-state index >= 15 is 0 Å². The Bertz CT molecular complexity index is 726. The first-order valence-electron chi connectivity index (χ1n) is 7.58. The van der Waals surface area contributed by atoms with Crippen molar-refractivity contribution in [1.29, 1.82) is 0 Å². The standard InChI is InChI=1S/C16H21ClN4OS/c1-16(2,18)13-8-20-15(12-7-19-14(17)6-11(12)13)21-9-4-10(5-9)23(3)22/h6-10H,4-5,18H2,1-3H3,(H,20,21). The Morgan fingerprint density at radius 1 is 1.30 bits per heavy atom. The second-order valence-corrected chi connectivity index (χ2v) is 8.78. The number of nitrogens with one attached hydrogen (secondary N) is 1. The fourth-order valence-corrected chi connectivity index (χ4v) is 4.05. The average molecular weight is 353 g/mol. The van der Waals surface area contributed by atoms with Gasteiger partial charge in [0.2, 0.25) is 0 Å². The number of anilines is 1. The molecule has 1 aliphatic rings. The molecule has 23 heavy (non-hydrogen) atoms. The van der Waals surface area contributed by atoms with E-state index in [1.54, 1.807) is 18.6 Å². The fraction of sp³-hybridized carbons (Fsp3) is 0.500. The van der Waals surface area contributed by atoms with Crippen molar-refractivity contribution in [2.45, 2.75) is 43.5 Å². The van der Waals surface area contributed by atoms with Crippen molar-refractivity contribution in [2.75, 3.05) is 11.6 Å². The van der Waals surface area contributed by atoms with Crippen LogP contribution in [0, 0.1) is 0 Å².